The maximum atomic E-state index is 12.9. The Bertz CT molecular complexity index is 690. The first-order valence-electron chi connectivity index (χ1n) is 8.04. The number of amides is 1. The van der Waals surface area contributed by atoms with Gasteiger partial charge in [-0.2, -0.15) is 13.2 Å². The molecule has 0 radical (unpaired) electrons. The van der Waals surface area contributed by atoms with Crippen molar-refractivity contribution in [3.05, 3.63) is 17.7 Å². The van der Waals surface area contributed by atoms with Gasteiger partial charge in [0, 0.05) is 5.92 Å². The van der Waals surface area contributed by atoms with E-state index in [0.717, 1.165) is 0 Å². The Kier molecular flexibility index (Phi) is 5.99. The zero-order valence-electron chi connectivity index (χ0n) is 14.4. The van der Waals surface area contributed by atoms with Gasteiger partial charge in [0.15, 0.2) is 11.5 Å². The van der Waals surface area contributed by atoms with Crippen molar-refractivity contribution in [2.45, 2.75) is 31.9 Å². The van der Waals surface area contributed by atoms with Gasteiger partial charge in [0.25, 0.3) is 0 Å². The standard InChI is InChI=1S/C17H20F3NO5/c1-25-13-8-10(16(23)24)7-12(14(13)26-2)21-15(22)9-4-3-5-11(6-9)17(18,19)20/h7-9,11H,3-6H2,1-2H3,(H,21,22)(H,23,24). The van der Waals surface area contributed by atoms with Crippen LogP contribution in [0, 0.1) is 11.8 Å². The molecule has 1 fully saturated rings. The lowest BCUT2D eigenvalue weighted by Gasteiger charge is -2.30. The third-order valence-corrected chi connectivity index (χ3v) is 4.49. The summed E-state index contributed by atoms with van der Waals surface area (Å²) < 4.78 is 49.0. The van der Waals surface area contributed by atoms with Gasteiger partial charge >= 0.3 is 12.1 Å². The number of rotatable bonds is 5. The van der Waals surface area contributed by atoms with Gasteiger partial charge < -0.3 is 19.9 Å². The minimum absolute atomic E-state index is 0.0128. The molecule has 0 bridgehead atoms. The van der Waals surface area contributed by atoms with Crippen molar-refractivity contribution >= 4 is 17.6 Å². The van der Waals surface area contributed by atoms with E-state index < -0.39 is 29.9 Å². The SMILES string of the molecule is COc1cc(C(=O)O)cc(NC(=O)C2CCCC(C(F)(F)F)C2)c1OC. The van der Waals surface area contributed by atoms with Crippen LogP contribution in [0.25, 0.3) is 0 Å². The van der Waals surface area contributed by atoms with Crippen molar-refractivity contribution in [1.82, 2.24) is 0 Å². The van der Waals surface area contributed by atoms with Gasteiger partial charge in [0.1, 0.15) is 0 Å². The number of benzene rings is 1. The highest BCUT2D eigenvalue weighted by atomic mass is 19.4. The molecule has 144 valence electrons. The number of carbonyl (C=O) groups is 2. The molecule has 1 saturated carbocycles. The first-order chi connectivity index (χ1) is 12.2. The molecule has 0 aliphatic heterocycles. The Balaban J connectivity index is 2.25. The summed E-state index contributed by atoms with van der Waals surface area (Å²) in [6.45, 7) is 0. The predicted molar refractivity (Wildman–Crippen MR) is 86.6 cm³/mol. The van der Waals surface area contributed by atoms with Crippen LogP contribution < -0.4 is 14.8 Å². The van der Waals surface area contributed by atoms with Crippen molar-refractivity contribution in [3.8, 4) is 11.5 Å². The zero-order valence-corrected chi connectivity index (χ0v) is 14.4. The number of hydrogen-bond acceptors (Lipinski definition) is 4. The van der Waals surface area contributed by atoms with E-state index in [-0.39, 0.29) is 35.6 Å². The first kappa shape index (κ1) is 19.9. The van der Waals surface area contributed by atoms with Crippen LogP contribution in [0.5, 0.6) is 11.5 Å². The van der Waals surface area contributed by atoms with Crippen molar-refractivity contribution in [3.63, 3.8) is 0 Å². The van der Waals surface area contributed by atoms with Gasteiger partial charge in [-0.15, -0.1) is 0 Å². The number of methoxy groups -OCH3 is 2. The molecule has 6 nitrogen and oxygen atoms in total. The van der Waals surface area contributed by atoms with Crippen molar-refractivity contribution in [2.24, 2.45) is 11.8 Å². The van der Waals surface area contributed by atoms with Crippen molar-refractivity contribution in [1.29, 1.82) is 0 Å². The summed E-state index contributed by atoms with van der Waals surface area (Å²) in [7, 11) is 2.62. The molecular weight excluding hydrogens is 355 g/mol. The molecular formula is C17H20F3NO5. The van der Waals surface area contributed by atoms with Crippen LogP contribution >= 0.6 is 0 Å². The molecule has 0 saturated heterocycles. The van der Waals surface area contributed by atoms with Gasteiger partial charge in [-0.25, -0.2) is 4.79 Å². The largest absolute Gasteiger partial charge is 0.493 e. The van der Waals surface area contributed by atoms with Gasteiger partial charge in [-0.3, -0.25) is 4.79 Å². The monoisotopic (exact) mass is 375 g/mol. The molecule has 2 rings (SSSR count). The van der Waals surface area contributed by atoms with E-state index in [1.807, 2.05) is 0 Å². The van der Waals surface area contributed by atoms with Gasteiger partial charge in [-0.05, 0) is 31.4 Å². The summed E-state index contributed by atoms with van der Waals surface area (Å²) >= 11 is 0. The average molecular weight is 375 g/mol. The number of hydrogen-bond donors (Lipinski definition) is 2. The van der Waals surface area contributed by atoms with E-state index in [9.17, 15) is 22.8 Å². The Morgan fingerprint density at radius 1 is 1.19 bits per heavy atom. The number of ether oxygens (including phenoxy) is 2. The van der Waals surface area contributed by atoms with Crippen LogP contribution in [-0.2, 0) is 4.79 Å². The van der Waals surface area contributed by atoms with Crippen LogP contribution in [0.3, 0.4) is 0 Å². The number of carboxylic acids is 1. The van der Waals surface area contributed by atoms with Gasteiger partial charge in [0.05, 0.1) is 31.4 Å². The minimum Gasteiger partial charge on any atom is -0.493 e. The normalized spacial score (nSPS) is 20.3. The smallest absolute Gasteiger partial charge is 0.391 e. The molecule has 1 aliphatic carbocycles. The average Bonchev–Trinajstić information content (AvgIpc) is 2.60. The summed E-state index contributed by atoms with van der Waals surface area (Å²) in [6.07, 6.45) is -3.95. The van der Waals surface area contributed by atoms with E-state index in [2.05, 4.69) is 5.32 Å². The highest BCUT2D eigenvalue weighted by Crippen LogP contribution is 2.41. The fraction of sp³-hybridized carbons (Fsp3) is 0.529. The van der Waals surface area contributed by atoms with Crippen LogP contribution in [0.15, 0.2) is 12.1 Å². The second kappa shape index (κ2) is 7.84. The van der Waals surface area contributed by atoms with Gasteiger partial charge in [0.2, 0.25) is 5.91 Å². The Hall–Kier alpha value is -2.45. The number of carbonyl (C=O) groups excluding carboxylic acids is 1. The molecule has 1 aromatic rings. The van der Waals surface area contributed by atoms with Crippen molar-refractivity contribution in [2.75, 3.05) is 19.5 Å². The first-order valence-corrected chi connectivity index (χ1v) is 8.04. The lowest BCUT2D eigenvalue weighted by atomic mass is 9.80. The summed E-state index contributed by atoms with van der Waals surface area (Å²) in [5.41, 5.74) is -0.0989. The second-order valence-corrected chi connectivity index (χ2v) is 6.16. The fourth-order valence-electron chi connectivity index (χ4n) is 3.14. The summed E-state index contributed by atoms with van der Waals surface area (Å²) in [4.78, 5) is 23.7. The molecule has 1 aromatic carbocycles. The molecule has 2 N–H and O–H groups in total. The fourth-order valence-corrected chi connectivity index (χ4v) is 3.14. The van der Waals surface area contributed by atoms with Crippen molar-refractivity contribution < 1.29 is 37.3 Å². The Labute approximate surface area is 148 Å². The molecule has 2 atom stereocenters. The van der Waals surface area contributed by atoms with E-state index >= 15 is 0 Å². The van der Waals surface area contributed by atoms with Gasteiger partial charge in [-0.1, -0.05) is 6.42 Å². The molecule has 0 aromatic heterocycles. The molecule has 0 spiro atoms. The third-order valence-electron chi connectivity index (χ3n) is 4.49. The van der Waals surface area contributed by atoms with E-state index in [1.165, 1.54) is 26.4 Å². The highest BCUT2D eigenvalue weighted by Gasteiger charge is 2.43. The zero-order chi connectivity index (χ0) is 19.5. The number of anilines is 1. The highest BCUT2D eigenvalue weighted by molar-refractivity contribution is 5.97. The molecule has 1 amide bonds. The summed E-state index contributed by atoms with van der Waals surface area (Å²) in [5.74, 6) is -3.94. The number of nitrogens with one attached hydrogen (secondary N) is 1. The van der Waals surface area contributed by atoms with Crippen LogP contribution in [0.2, 0.25) is 0 Å². The summed E-state index contributed by atoms with van der Waals surface area (Å²) in [6, 6.07) is 2.42. The maximum absolute atomic E-state index is 12.9. The Morgan fingerprint density at radius 2 is 1.88 bits per heavy atom. The number of carboxylic acid groups (broad SMARTS) is 1. The number of aromatic carboxylic acids is 1. The number of alkyl halides is 3. The van der Waals surface area contributed by atoms with Crippen LogP contribution in [0.4, 0.5) is 18.9 Å². The van der Waals surface area contributed by atoms with Crippen LogP contribution in [-0.4, -0.2) is 37.4 Å². The lowest BCUT2D eigenvalue weighted by molar-refractivity contribution is -0.185. The second-order valence-electron chi connectivity index (χ2n) is 6.16. The molecule has 2 unspecified atom stereocenters. The van der Waals surface area contributed by atoms with E-state index in [4.69, 9.17) is 14.6 Å². The summed E-state index contributed by atoms with van der Waals surface area (Å²) in [5, 5.41) is 11.7. The predicted octanol–water partition coefficient (Wildman–Crippen LogP) is 3.71. The quantitative estimate of drug-likeness (QED) is 0.820. The third kappa shape index (κ3) is 4.39. The lowest BCUT2D eigenvalue weighted by Crippen LogP contribution is -2.34. The van der Waals surface area contributed by atoms with E-state index in [0.29, 0.717) is 12.8 Å². The maximum Gasteiger partial charge on any atom is 0.391 e. The molecule has 9 heteroatoms. The molecule has 0 heterocycles. The number of halogens is 3. The topological polar surface area (TPSA) is 84.9 Å². The minimum atomic E-state index is -4.33. The molecule has 26 heavy (non-hydrogen) atoms. The molecule has 1 aliphatic rings. The Morgan fingerprint density at radius 3 is 2.42 bits per heavy atom. The van der Waals surface area contributed by atoms with Crippen LogP contribution in [0.1, 0.15) is 36.0 Å². The van der Waals surface area contributed by atoms with E-state index in [1.54, 1.807) is 0 Å².